The Morgan fingerprint density at radius 1 is 0.810 bits per heavy atom. The van der Waals surface area contributed by atoms with Crippen LogP contribution in [0, 0.1) is 0 Å². The zero-order valence-corrected chi connectivity index (χ0v) is 11.3. The Kier molecular flexibility index (Phi) is 4.26. The van der Waals surface area contributed by atoms with Gasteiger partial charge in [-0.2, -0.15) is 0 Å². The second-order valence-electron chi connectivity index (χ2n) is 5.20. The molecule has 6 heteroatoms. The molecule has 0 aromatic heterocycles. The SMILES string of the molecule is O=C(O)c1ccc(C2CCCCC2)c(C(=O)O)c1C(=O)O. The minimum atomic E-state index is -1.53. The van der Waals surface area contributed by atoms with Crippen molar-refractivity contribution in [2.45, 2.75) is 38.0 Å². The number of carbonyl (C=O) groups is 3. The third-order valence-corrected chi connectivity index (χ3v) is 3.94. The van der Waals surface area contributed by atoms with Gasteiger partial charge in [-0.05, 0) is 30.4 Å². The van der Waals surface area contributed by atoms with Gasteiger partial charge in [0.05, 0.1) is 16.7 Å². The number of aromatic carboxylic acids is 3. The number of carboxylic acids is 3. The molecule has 0 aliphatic heterocycles. The minimum absolute atomic E-state index is 0.0224. The molecule has 1 fully saturated rings. The smallest absolute Gasteiger partial charge is 0.337 e. The lowest BCUT2D eigenvalue weighted by atomic mass is 9.80. The van der Waals surface area contributed by atoms with E-state index in [0.29, 0.717) is 5.56 Å². The molecule has 1 aromatic rings. The number of hydrogen-bond acceptors (Lipinski definition) is 3. The third kappa shape index (κ3) is 2.89. The van der Waals surface area contributed by atoms with Crippen LogP contribution in [0.3, 0.4) is 0 Å². The minimum Gasteiger partial charge on any atom is -0.478 e. The molecule has 21 heavy (non-hydrogen) atoms. The zero-order valence-electron chi connectivity index (χ0n) is 11.3. The van der Waals surface area contributed by atoms with Crippen molar-refractivity contribution in [1.29, 1.82) is 0 Å². The van der Waals surface area contributed by atoms with E-state index in [1.165, 1.54) is 12.1 Å². The predicted molar refractivity (Wildman–Crippen MR) is 73.1 cm³/mol. The molecule has 0 heterocycles. The van der Waals surface area contributed by atoms with Crippen LogP contribution in [0.2, 0.25) is 0 Å². The molecule has 0 atom stereocenters. The van der Waals surface area contributed by atoms with E-state index < -0.39 is 29.0 Å². The van der Waals surface area contributed by atoms with E-state index in [-0.39, 0.29) is 11.5 Å². The van der Waals surface area contributed by atoms with E-state index in [4.69, 9.17) is 5.11 Å². The van der Waals surface area contributed by atoms with Crippen molar-refractivity contribution in [2.24, 2.45) is 0 Å². The first-order chi connectivity index (χ1) is 9.93. The van der Waals surface area contributed by atoms with Crippen molar-refractivity contribution in [2.75, 3.05) is 0 Å². The lowest BCUT2D eigenvalue weighted by Gasteiger charge is -2.24. The highest BCUT2D eigenvalue weighted by molar-refractivity contribution is 6.09. The summed E-state index contributed by atoms with van der Waals surface area (Å²) in [6, 6.07) is 2.65. The summed E-state index contributed by atoms with van der Waals surface area (Å²) in [5.74, 6) is -4.38. The fourth-order valence-electron chi connectivity index (χ4n) is 3.00. The Labute approximate surface area is 121 Å². The average molecular weight is 292 g/mol. The van der Waals surface area contributed by atoms with Crippen LogP contribution in [0.5, 0.6) is 0 Å². The second kappa shape index (κ2) is 5.95. The van der Waals surface area contributed by atoms with Gasteiger partial charge >= 0.3 is 17.9 Å². The molecule has 0 saturated heterocycles. The molecule has 2 rings (SSSR count). The highest BCUT2D eigenvalue weighted by Crippen LogP contribution is 2.36. The Balaban J connectivity index is 2.66. The van der Waals surface area contributed by atoms with Crippen molar-refractivity contribution in [3.8, 4) is 0 Å². The summed E-state index contributed by atoms with van der Waals surface area (Å²) in [6.45, 7) is 0. The number of hydrogen-bond donors (Lipinski definition) is 3. The normalized spacial score (nSPS) is 15.6. The first kappa shape index (κ1) is 15.0. The quantitative estimate of drug-likeness (QED) is 0.786. The van der Waals surface area contributed by atoms with Crippen LogP contribution in [0.1, 0.15) is 74.7 Å². The van der Waals surface area contributed by atoms with Crippen molar-refractivity contribution in [3.05, 3.63) is 34.4 Å². The van der Waals surface area contributed by atoms with Gasteiger partial charge in [0.2, 0.25) is 0 Å². The van der Waals surface area contributed by atoms with Crippen molar-refractivity contribution in [1.82, 2.24) is 0 Å². The summed E-state index contributed by atoms with van der Waals surface area (Å²) in [7, 11) is 0. The fourth-order valence-corrected chi connectivity index (χ4v) is 3.00. The van der Waals surface area contributed by atoms with Gasteiger partial charge in [0, 0.05) is 0 Å². The Morgan fingerprint density at radius 3 is 1.86 bits per heavy atom. The number of rotatable bonds is 4. The molecule has 1 saturated carbocycles. The highest BCUT2D eigenvalue weighted by atomic mass is 16.4. The molecule has 1 aromatic carbocycles. The van der Waals surface area contributed by atoms with E-state index in [1.807, 2.05) is 0 Å². The Bertz CT molecular complexity index is 598. The maximum absolute atomic E-state index is 11.5. The first-order valence-electron chi connectivity index (χ1n) is 6.80. The molecule has 6 nitrogen and oxygen atoms in total. The summed E-state index contributed by atoms with van der Waals surface area (Å²) in [5.41, 5.74) is -1.06. The maximum Gasteiger partial charge on any atom is 0.337 e. The zero-order chi connectivity index (χ0) is 15.6. The molecule has 1 aliphatic rings. The van der Waals surface area contributed by atoms with Crippen LogP contribution < -0.4 is 0 Å². The van der Waals surface area contributed by atoms with Crippen LogP contribution in [-0.2, 0) is 0 Å². The molecular formula is C15H16O6. The van der Waals surface area contributed by atoms with E-state index in [9.17, 15) is 24.6 Å². The molecule has 0 spiro atoms. The van der Waals surface area contributed by atoms with Gasteiger partial charge in [-0.15, -0.1) is 0 Å². The van der Waals surface area contributed by atoms with Crippen molar-refractivity contribution < 1.29 is 29.7 Å². The van der Waals surface area contributed by atoms with Gasteiger partial charge in [0.15, 0.2) is 0 Å². The first-order valence-corrected chi connectivity index (χ1v) is 6.80. The molecule has 112 valence electrons. The third-order valence-electron chi connectivity index (χ3n) is 3.94. The van der Waals surface area contributed by atoms with Gasteiger partial charge in [0.25, 0.3) is 0 Å². The van der Waals surface area contributed by atoms with Gasteiger partial charge in [-0.1, -0.05) is 25.3 Å². The van der Waals surface area contributed by atoms with E-state index in [0.717, 1.165) is 32.1 Å². The van der Waals surface area contributed by atoms with E-state index in [2.05, 4.69) is 0 Å². The summed E-state index contributed by atoms with van der Waals surface area (Å²) in [6.07, 6.45) is 4.61. The number of carboxylic acid groups (broad SMARTS) is 3. The summed E-state index contributed by atoms with van der Waals surface area (Å²) >= 11 is 0. The number of benzene rings is 1. The topological polar surface area (TPSA) is 112 Å². The van der Waals surface area contributed by atoms with Crippen LogP contribution in [-0.4, -0.2) is 33.2 Å². The highest BCUT2D eigenvalue weighted by Gasteiger charge is 2.30. The molecular weight excluding hydrogens is 276 g/mol. The van der Waals surface area contributed by atoms with Crippen LogP contribution in [0.25, 0.3) is 0 Å². The van der Waals surface area contributed by atoms with Gasteiger partial charge < -0.3 is 15.3 Å². The van der Waals surface area contributed by atoms with Crippen LogP contribution in [0.15, 0.2) is 12.1 Å². The van der Waals surface area contributed by atoms with E-state index >= 15 is 0 Å². The monoisotopic (exact) mass is 292 g/mol. The van der Waals surface area contributed by atoms with Gasteiger partial charge in [0.1, 0.15) is 0 Å². The summed E-state index contributed by atoms with van der Waals surface area (Å²) in [4.78, 5) is 34.0. The standard InChI is InChI=1S/C15H16O6/c16-13(17)10-7-6-9(8-4-2-1-3-5-8)11(14(18)19)12(10)15(20)21/h6-8H,1-5H2,(H,16,17)(H,18,19)(H,20,21). The predicted octanol–water partition coefficient (Wildman–Crippen LogP) is 2.83. The average Bonchev–Trinajstić information content (AvgIpc) is 2.46. The molecule has 1 aliphatic carbocycles. The molecule has 0 unspecified atom stereocenters. The second-order valence-corrected chi connectivity index (χ2v) is 5.20. The van der Waals surface area contributed by atoms with Gasteiger partial charge in [-0.3, -0.25) is 0 Å². The Morgan fingerprint density at radius 2 is 1.38 bits per heavy atom. The van der Waals surface area contributed by atoms with Crippen LogP contribution >= 0.6 is 0 Å². The maximum atomic E-state index is 11.5. The van der Waals surface area contributed by atoms with Crippen molar-refractivity contribution in [3.63, 3.8) is 0 Å². The fraction of sp³-hybridized carbons (Fsp3) is 0.400. The molecule has 0 bridgehead atoms. The van der Waals surface area contributed by atoms with Crippen molar-refractivity contribution >= 4 is 17.9 Å². The molecule has 3 N–H and O–H groups in total. The largest absolute Gasteiger partial charge is 0.478 e. The lowest BCUT2D eigenvalue weighted by molar-refractivity contribution is 0.0632. The Hall–Kier alpha value is -2.37. The summed E-state index contributed by atoms with van der Waals surface area (Å²) < 4.78 is 0. The van der Waals surface area contributed by atoms with Crippen LogP contribution in [0.4, 0.5) is 0 Å². The molecule has 0 amide bonds. The lowest BCUT2D eigenvalue weighted by Crippen LogP contribution is -2.19. The summed E-state index contributed by atoms with van der Waals surface area (Å²) in [5, 5.41) is 27.7. The van der Waals surface area contributed by atoms with E-state index in [1.54, 1.807) is 0 Å². The molecule has 0 radical (unpaired) electrons. The van der Waals surface area contributed by atoms with Gasteiger partial charge in [-0.25, -0.2) is 14.4 Å².